The van der Waals surface area contributed by atoms with Gasteiger partial charge in [0, 0.05) is 11.3 Å². The Morgan fingerprint density at radius 1 is 1.03 bits per heavy atom. The predicted molar refractivity (Wildman–Crippen MR) is 156 cm³/mol. The van der Waals surface area contributed by atoms with Crippen LogP contribution in [-0.4, -0.2) is 5.91 Å². The minimum Gasteiger partial charge on any atom is -0.398 e. The molecule has 3 rings (SSSR count). The summed E-state index contributed by atoms with van der Waals surface area (Å²) in [4.78, 5) is 12.9. The Hall–Kier alpha value is -2.87. The molecule has 206 valence electrons. The van der Waals surface area contributed by atoms with Crippen LogP contribution in [0.2, 0.25) is 0 Å². The van der Waals surface area contributed by atoms with Gasteiger partial charge in [0.2, 0.25) is 0 Å². The van der Waals surface area contributed by atoms with Crippen molar-refractivity contribution in [3.8, 4) is 6.07 Å². The molecule has 0 spiro atoms. The first-order valence-corrected chi connectivity index (χ1v) is 14.7. The number of hydrogen-bond donors (Lipinski definition) is 2. The number of nitrogens with one attached hydrogen (secondary N) is 1. The molecule has 38 heavy (non-hydrogen) atoms. The van der Waals surface area contributed by atoms with Crippen molar-refractivity contribution < 1.29 is 9.18 Å². The van der Waals surface area contributed by atoms with E-state index < -0.39 is 5.67 Å². The SMILES string of the molecule is CCCCCCCCCCCC1CCCCC1(F)c1cc(C)c(NC(=O)c2ccc(C#N)c(N)c2)c(C)c1. The highest BCUT2D eigenvalue weighted by Gasteiger charge is 2.42. The fraction of sp³-hybridized carbons (Fsp3) is 0.576. The van der Waals surface area contributed by atoms with Crippen molar-refractivity contribution in [1.82, 2.24) is 0 Å². The van der Waals surface area contributed by atoms with Crippen molar-refractivity contribution in [2.45, 2.75) is 116 Å². The van der Waals surface area contributed by atoms with Crippen LogP contribution in [0.3, 0.4) is 0 Å². The molecule has 0 heterocycles. The van der Waals surface area contributed by atoms with Crippen LogP contribution in [-0.2, 0) is 5.67 Å². The molecule has 0 aliphatic heterocycles. The maximum atomic E-state index is 16.7. The lowest BCUT2D eigenvalue weighted by atomic mass is 9.70. The van der Waals surface area contributed by atoms with Crippen molar-refractivity contribution >= 4 is 17.3 Å². The summed E-state index contributed by atoms with van der Waals surface area (Å²) < 4.78 is 16.7. The Balaban J connectivity index is 1.64. The molecule has 1 aliphatic carbocycles. The van der Waals surface area contributed by atoms with Gasteiger partial charge in [-0.25, -0.2) is 4.39 Å². The number of halogens is 1. The van der Waals surface area contributed by atoms with Crippen LogP contribution >= 0.6 is 0 Å². The van der Waals surface area contributed by atoms with E-state index in [2.05, 4.69) is 12.2 Å². The van der Waals surface area contributed by atoms with Crippen LogP contribution in [0.15, 0.2) is 30.3 Å². The molecule has 4 nitrogen and oxygen atoms in total. The number of nitrogen functional groups attached to an aromatic ring is 1. The molecule has 1 saturated carbocycles. The van der Waals surface area contributed by atoms with E-state index >= 15 is 4.39 Å². The lowest BCUT2D eigenvalue weighted by molar-refractivity contribution is 0.0277. The quantitative estimate of drug-likeness (QED) is 0.204. The van der Waals surface area contributed by atoms with Gasteiger partial charge in [-0.3, -0.25) is 4.79 Å². The van der Waals surface area contributed by atoms with E-state index in [-0.39, 0.29) is 17.5 Å². The minimum atomic E-state index is -1.31. The third kappa shape index (κ3) is 7.59. The largest absolute Gasteiger partial charge is 0.398 e. The molecule has 5 heteroatoms. The van der Waals surface area contributed by atoms with E-state index in [4.69, 9.17) is 11.0 Å². The highest BCUT2D eigenvalue weighted by Crippen LogP contribution is 2.48. The Morgan fingerprint density at radius 2 is 1.66 bits per heavy atom. The standard InChI is InChI=1S/C33H46FN3O/c1-4-5-6-7-8-9-10-11-12-15-28-16-13-14-19-33(28,34)29-20-24(2)31(25(3)21-29)37-32(38)26-17-18-27(23-35)30(36)22-26/h17-18,20-22,28H,4-16,19,36H2,1-3H3,(H,37,38). The fourth-order valence-electron chi connectivity index (χ4n) is 6.05. The van der Waals surface area contributed by atoms with Gasteiger partial charge in [0.1, 0.15) is 11.7 Å². The highest BCUT2D eigenvalue weighted by molar-refractivity contribution is 6.05. The molecule has 0 aromatic heterocycles. The predicted octanol–water partition coefficient (Wildman–Crippen LogP) is 9.29. The summed E-state index contributed by atoms with van der Waals surface area (Å²) in [5.74, 6) is -0.238. The van der Waals surface area contributed by atoms with Crippen LogP contribution in [0, 0.1) is 31.1 Å². The number of aryl methyl sites for hydroxylation is 2. The van der Waals surface area contributed by atoms with E-state index in [9.17, 15) is 4.79 Å². The Morgan fingerprint density at radius 3 is 2.26 bits per heavy atom. The maximum absolute atomic E-state index is 16.7. The molecule has 0 radical (unpaired) electrons. The topological polar surface area (TPSA) is 78.9 Å². The van der Waals surface area contributed by atoms with Gasteiger partial charge in [0.25, 0.3) is 5.91 Å². The zero-order chi connectivity index (χ0) is 27.5. The number of nitrogens with zero attached hydrogens (tertiary/aromatic N) is 1. The monoisotopic (exact) mass is 519 g/mol. The van der Waals surface area contributed by atoms with E-state index in [1.807, 2.05) is 32.0 Å². The number of nitriles is 1. The van der Waals surface area contributed by atoms with Crippen molar-refractivity contribution in [2.75, 3.05) is 11.1 Å². The molecule has 2 aromatic rings. The normalized spacial score (nSPS) is 19.2. The molecule has 2 atom stereocenters. The first kappa shape index (κ1) is 29.7. The molecule has 0 bridgehead atoms. The number of rotatable bonds is 13. The zero-order valence-electron chi connectivity index (χ0n) is 23.7. The number of carbonyl (C=O) groups excluding carboxylic acids is 1. The van der Waals surface area contributed by atoms with Crippen molar-refractivity contribution in [3.05, 3.63) is 58.1 Å². The van der Waals surface area contributed by atoms with Gasteiger partial charge in [-0.05, 0) is 80.3 Å². The summed E-state index contributed by atoms with van der Waals surface area (Å²) in [5.41, 5.74) is 8.77. The lowest BCUT2D eigenvalue weighted by Gasteiger charge is -2.39. The highest BCUT2D eigenvalue weighted by atomic mass is 19.1. The Bertz CT molecular complexity index is 1100. The van der Waals surface area contributed by atoms with Crippen LogP contribution in [0.25, 0.3) is 0 Å². The molecule has 3 N–H and O–H groups in total. The van der Waals surface area contributed by atoms with Gasteiger partial charge >= 0.3 is 0 Å². The molecular weight excluding hydrogens is 473 g/mol. The molecule has 1 aliphatic rings. The van der Waals surface area contributed by atoms with E-state index in [0.29, 0.717) is 23.2 Å². The van der Waals surface area contributed by atoms with Gasteiger partial charge in [-0.15, -0.1) is 0 Å². The molecule has 1 fully saturated rings. The first-order chi connectivity index (χ1) is 18.3. The van der Waals surface area contributed by atoms with Crippen molar-refractivity contribution in [2.24, 2.45) is 5.92 Å². The van der Waals surface area contributed by atoms with Gasteiger partial charge in [-0.1, -0.05) is 83.3 Å². The summed E-state index contributed by atoms with van der Waals surface area (Å²) in [6, 6.07) is 10.5. The number of benzene rings is 2. The number of unbranched alkanes of at least 4 members (excludes halogenated alkanes) is 8. The third-order valence-corrected chi connectivity index (χ3v) is 8.33. The molecule has 2 unspecified atom stereocenters. The summed E-state index contributed by atoms with van der Waals surface area (Å²) >= 11 is 0. The second-order valence-electron chi connectivity index (χ2n) is 11.3. The second kappa shape index (κ2) is 14.3. The first-order valence-electron chi connectivity index (χ1n) is 14.7. The van der Waals surface area contributed by atoms with E-state index in [1.165, 1.54) is 57.4 Å². The zero-order valence-corrected chi connectivity index (χ0v) is 23.7. The molecule has 2 aromatic carbocycles. The number of nitrogens with two attached hydrogens (primary N) is 1. The summed E-state index contributed by atoms with van der Waals surface area (Å²) in [5, 5.41) is 12.1. The van der Waals surface area contributed by atoms with Gasteiger partial charge in [0.15, 0.2) is 0 Å². The van der Waals surface area contributed by atoms with Crippen molar-refractivity contribution in [1.29, 1.82) is 5.26 Å². The smallest absolute Gasteiger partial charge is 0.255 e. The van der Waals surface area contributed by atoms with Gasteiger partial charge in [-0.2, -0.15) is 5.26 Å². The van der Waals surface area contributed by atoms with Gasteiger partial charge < -0.3 is 11.1 Å². The maximum Gasteiger partial charge on any atom is 0.255 e. The lowest BCUT2D eigenvalue weighted by Crippen LogP contribution is -2.34. The van der Waals surface area contributed by atoms with Gasteiger partial charge in [0.05, 0.1) is 11.3 Å². The Labute approximate surface area is 229 Å². The molecular formula is C33H46FN3O. The van der Waals surface area contributed by atoms with E-state index in [1.54, 1.807) is 12.1 Å². The summed E-state index contributed by atoms with van der Waals surface area (Å²) in [7, 11) is 0. The van der Waals surface area contributed by atoms with Crippen LogP contribution in [0.1, 0.15) is 129 Å². The number of alkyl halides is 1. The second-order valence-corrected chi connectivity index (χ2v) is 11.3. The summed E-state index contributed by atoms with van der Waals surface area (Å²) in [6.07, 6.45) is 16.0. The summed E-state index contributed by atoms with van der Waals surface area (Å²) in [6.45, 7) is 6.11. The average Bonchev–Trinajstić information content (AvgIpc) is 2.90. The Kier molecular flexibility index (Phi) is 11.2. The number of anilines is 2. The third-order valence-electron chi connectivity index (χ3n) is 8.33. The molecule has 0 saturated heterocycles. The van der Waals surface area contributed by atoms with Crippen molar-refractivity contribution in [3.63, 3.8) is 0 Å². The number of hydrogen-bond acceptors (Lipinski definition) is 3. The van der Waals surface area contributed by atoms with E-state index in [0.717, 1.165) is 48.8 Å². The number of amides is 1. The minimum absolute atomic E-state index is 0.0571. The van der Waals surface area contributed by atoms with Crippen LogP contribution in [0.5, 0.6) is 0 Å². The van der Waals surface area contributed by atoms with Crippen LogP contribution in [0.4, 0.5) is 15.8 Å². The fourth-order valence-corrected chi connectivity index (χ4v) is 6.05. The number of carbonyl (C=O) groups is 1. The van der Waals surface area contributed by atoms with Crippen LogP contribution < -0.4 is 11.1 Å². The average molecular weight is 520 g/mol. The molecule has 1 amide bonds.